The maximum Gasteiger partial charge on any atom is 0.273 e. The van der Waals surface area contributed by atoms with Crippen molar-refractivity contribution in [3.63, 3.8) is 0 Å². The first kappa shape index (κ1) is 19.7. The van der Waals surface area contributed by atoms with E-state index in [1.165, 1.54) is 6.42 Å². The van der Waals surface area contributed by atoms with Crippen molar-refractivity contribution in [3.05, 3.63) is 35.7 Å². The number of piperidine rings is 1. The van der Waals surface area contributed by atoms with Gasteiger partial charge >= 0.3 is 0 Å². The van der Waals surface area contributed by atoms with Crippen LogP contribution in [-0.4, -0.2) is 56.6 Å². The largest absolute Gasteiger partial charge is 0.504 e. The number of amides is 1. The SMILES string of the molecule is COc1cccc(CN2CCCCC2CCn2cc(C(=O)NC3CC3)nn2)c1O. The number of phenols is 1. The van der Waals surface area contributed by atoms with Gasteiger partial charge in [-0.05, 0) is 44.7 Å². The Kier molecular flexibility index (Phi) is 5.99. The van der Waals surface area contributed by atoms with Gasteiger partial charge in [0.25, 0.3) is 5.91 Å². The number of phenolic OH excluding ortho intramolecular Hbond substituents is 1. The molecular weight excluding hydrogens is 370 g/mol. The lowest BCUT2D eigenvalue weighted by Gasteiger charge is -2.36. The highest BCUT2D eigenvalue weighted by molar-refractivity contribution is 5.92. The van der Waals surface area contributed by atoms with E-state index in [4.69, 9.17) is 4.74 Å². The second-order valence-electron chi connectivity index (χ2n) is 7.99. The molecule has 0 spiro atoms. The first-order chi connectivity index (χ1) is 14.1. The quantitative estimate of drug-likeness (QED) is 0.708. The molecule has 2 N–H and O–H groups in total. The van der Waals surface area contributed by atoms with Crippen LogP contribution in [0.2, 0.25) is 0 Å². The normalized spacial score (nSPS) is 19.8. The highest BCUT2D eigenvalue weighted by Crippen LogP contribution is 2.32. The Labute approximate surface area is 170 Å². The number of hydrogen-bond donors (Lipinski definition) is 2. The Morgan fingerprint density at radius 1 is 1.31 bits per heavy atom. The fraction of sp³-hybridized carbons (Fsp3) is 0.571. The van der Waals surface area contributed by atoms with Crippen molar-refractivity contribution in [2.24, 2.45) is 0 Å². The molecule has 1 atom stereocenters. The standard InChI is InChI=1S/C21H29N5O3/c1-29-19-7-4-5-15(20(19)27)13-25-11-3-2-6-17(25)10-12-26-14-18(23-24-26)21(28)22-16-8-9-16/h4-5,7,14,16-17,27H,2-3,6,8-13H2,1H3,(H,22,28). The molecule has 1 aromatic heterocycles. The van der Waals surface area contributed by atoms with Crippen molar-refractivity contribution in [1.82, 2.24) is 25.2 Å². The molecule has 2 heterocycles. The molecule has 1 saturated heterocycles. The third-order valence-electron chi connectivity index (χ3n) is 5.80. The summed E-state index contributed by atoms with van der Waals surface area (Å²) in [6.07, 6.45) is 8.26. The van der Waals surface area contributed by atoms with Crippen molar-refractivity contribution < 1.29 is 14.6 Å². The number of ether oxygens (including phenoxy) is 1. The van der Waals surface area contributed by atoms with Gasteiger partial charge in [-0.2, -0.15) is 0 Å². The number of likely N-dealkylation sites (tertiary alicyclic amines) is 1. The van der Waals surface area contributed by atoms with Crippen molar-refractivity contribution >= 4 is 5.91 Å². The number of carbonyl (C=O) groups is 1. The molecular formula is C21H29N5O3. The van der Waals surface area contributed by atoms with Crippen LogP contribution in [-0.2, 0) is 13.1 Å². The van der Waals surface area contributed by atoms with Gasteiger partial charge in [-0.25, -0.2) is 0 Å². The van der Waals surface area contributed by atoms with E-state index >= 15 is 0 Å². The van der Waals surface area contributed by atoms with Crippen LogP contribution in [0.3, 0.4) is 0 Å². The summed E-state index contributed by atoms with van der Waals surface area (Å²) in [6, 6.07) is 6.36. The van der Waals surface area contributed by atoms with E-state index in [1.54, 1.807) is 24.1 Å². The Balaban J connectivity index is 1.36. The van der Waals surface area contributed by atoms with E-state index in [0.29, 0.717) is 30.1 Å². The minimum Gasteiger partial charge on any atom is -0.504 e. The number of aromatic nitrogens is 3. The number of para-hydroxylation sites is 1. The van der Waals surface area contributed by atoms with Crippen LogP contribution in [0.25, 0.3) is 0 Å². The number of carbonyl (C=O) groups excluding carboxylic acids is 1. The van der Waals surface area contributed by atoms with Gasteiger partial charge in [0.05, 0.1) is 13.3 Å². The molecule has 0 bridgehead atoms. The Morgan fingerprint density at radius 2 is 2.17 bits per heavy atom. The average Bonchev–Trinajstić information content (AvgIpc) is 3.42. The van der Waals surface area contributed by atoms with Gasteiger partial charge in [-0.1, -0.05) is 23.8 Å². The molecule has 1 aliphatic heterocycles. The van der Waals surface area contributed by atoms with Crippen molar-refractivity contribution in [2.75, 3.05) is 13.7 Å². The first-order valence-corrected chi connectivity index (χ1v) is 10.4. The van der Waals surface area contributed by atoms with Gasteiger partial charge in [0.15, 0.2) is 17.2 Å². The molecule has 156 valence electrons. The highest BCUT2D eigenvalue weighted by Gasteiger charge is 2.26. The molecule has 4 rings (SSSR count). The molecule has 29 heavy (non-hydrogen) atoms. The van der Waals surface area contributed by atoms with Crippen molar-refractivity contribution in [2.45, 2.75) is 63.7 Å². The monoisotopic (exact) mass is 399 g/mol. The van der Waals surface area contributed by atoms with E-state index in [0.717, 1.165) is 50.8 Å². The maximum absolute atomic E-state index is 12.1. The third-order valence-corrected chi connectivity index (χ3v) is 5.80. The minimum atomic E-state index is -0.133. The fourth-order valence-electron chi connectivity index (χ4n) is 3.95. The Hall–Kier alpha value is -2.61. The van der Waals surface area contributed by atoms with Gasteiger partial charge in [-0.15, -0.1) is 5.10 Å². The van der Waals surface area contributed by atoms with Crippen LogP contribution >= 0.6 is 0 Å². The molecule has 0 radical (unpaired) electrons. The number of aromatic hydroxyl groups is 1. The van der Waals surface area contributed by atoms with Crippen LogP contribution in [0.5, 0.6) is 11.5 Å². The molecule has 2 aliphatic rings. The lowest BCUT2D eigenvalue weighted by Crippen LogP contribution is -2.39. The average molecular weight is 399 g/mol. The Bertz CT molecular complexity index is 849. The molecule has 1 amide bonds. The van der Waals surface area contributed by atoms with Gasteiger partial charge in [-0.3, -0.25) is 14.4 Å². The van der Waals surface area contributed by atoms with Crippen molar-refractivity contribution in [3.8, 4) is 11.5 Å². The van der Waals surface area contributed by atoms with Gasteiger partial charge < -0.3 is 15.2 Å². The summed E-state index contributed by atoms with van der Waals surface area (Å²) in [7, 11) is 1.57. The van der Waals surface area contributed by atoms with E-state index in [9.17, 15) is 9.90 Å². The summed E-state index contributed by atoms with van der Waals surface area (Å²) in [4.78, 5) is 14.5. The summed E-state index contributed by atoms with van der Waals surface area (Å²) >= 11 is 0. The molecule has 2 fully saturated rings. The van der Waals surface area contributed by atoms with E-state index < -0.39 is 0 Å². The number of nitrogens with zero attached hydrogens (tertiary/aromatic N) is 4. The Morgan fingerprint density at radius 3 is 2.97 bits per heavy atom. The predicted octanol–water partition coefficient (Wildman–Crippen LogP) is 2.33. The van der Waals surface area contributed by atoms with Gasteiger partial charge in [0.2, 0.25) is 0 Å². The zero-order valence-electron chi connectivity index (χ0n) is 16.9. The molecule has 8 heteroatoms. The van der Waals surface area contributed by atoms with Crippen LogP contribution in [0.15, 0.2) is 24.4 Å². The number of aryl methyl sites for hydroxylation is 1. The number of nitrogens with one attached hydrogen (secondary N) is 1. The highest BCUT2D eigenvalue weighted by atomic mass is 16.5. The van der Waals surface area contributed by atoms with Crippen LogP contribution < -0.4 is 10.1 Å². The molecule has 1 aromatic carbocycles. The molecule has 1 unspecified atom stereocenters. The fourth-order valence-corrected chi connectivity index (χ4v) is 3.95. The van der Waals surface area contributed by atoms with Gasteiger partial charge in [0.1, 0.15) is 0 Å². The lowest BCUT2D eigenvalue weighted by molar-refractivity contribution is 0.0946. The molecule has 2 aromatic rings. The number of methoxy groups -OCH3 is 1. The molecule has 1 aliphatic carbocycles. The summed E-state index contributed by atoms with van der Waals surface area (Å²) in [5.74, 6) is 0.601. The van der Waals surface area contributed by atoms with Crippen LogP contribution in [0.1, 0.15) is 54.6 Å². The van der Waals surface area contributed by atoms with Crippen LogP contribution in [0.4, 0.5) is 0 Å². The zero-order valence-corrected chi connectivity index (χ0v) is 16.9. The van der Waals surface area contributed by atoms with E-state index in [1.807, 2.05) is 12.1 Å². The topological polar surface area (TPSA) is 92.5 Å². The van der Waals surface area contributed by atoms with Gasteiger partial charge in [0, 0.05) is 30.7 Å². The second kappa shape index (κ2) is 8.82. The van der Waals surface area contributed by atoms with Crippen molar-refractivity contribution in [1.29, 1.82) is 0 Å². The zero-order chi connectivity index (χ0) is 20.2. The van der Waals surface area contributed by atoms with E-state index in [2.05, 4.69) is 20.5 Å². The first-order valence-electron chi connectivity index (χ1n) is 10.4. The maximum atomic E-state index is 12.1. The lowest BCUT2D eigenvalue weighted by atomic mass is 9.98. The molecule has 8 nitrogen and oxygen atoms in total. The number of rotatable bonds is 8. The minimum absolute atomic E-state index is 0.133. The summed E-state index contributed by atoms with van der Waals surface area (Å²) in [5.41, 5.74) is 1.27. The second-order valence-corrected chi connectivity index (χ2v) is 7.99. The molecule has 1 saturated carbocycles. The predicted molar refractivity (Wildman–Crippen MR) is 108 cm³/mol. The third kappa shape index (κ3) is 4.87. The van der Waals surface area contributed by atoms with E-state index in [-0.39, 0.29) is 11.7 Å². The number of benzene rings is 1. The summed E-state index contributed by atoms with van der Waals surface area (Å²) < 4.78 is 7.00. The van der Waals surface area contributed by atoms with Crippen LogP contribution in [0, 0.1) is 0 Å². The summed E-state index contributed by atoms with van der Waals surface area (Å²) in [6.45, 7) is 2.42. The summed E-state index contributed by atoms with van der Waals surface area (Å²) in [5, 5.41) is 21.5. The number of hydrogen-bond acceptors (Lipinski definition) is 6. The smallest absolute Gasteiger partial charge is 0.273 e.